The van der Waals surface area contributed by atoms with Crippen LogP contribution in [0.3, 0.4) is 0 Å². The predicted octanol–water partition coefficient (Wildman–Crippen LogP) is 4.84. The average Bonchev–Trinajstić information content (AvgIpc) is 3.41. The third-order valence-corrected chi connectivity index (χ3v) is 22.2. The maximum atomic E-state index is 12.4. The number of likely N-dealkylation sites (tertiary alicyclic amines) is 1. The van der Waals surface area contributed by atoms with Crippen molar-refractivity contribution in [2.24, 2.45) is 0 Å². The fourth-order valence-electron chi connectivity index (χ4n) is 4.87. The Morgan fingerprint density at radius 1 is 1.09 bits per heavy atom. The molecule has 1 amide bonds. The number of likely N-dealkylation sites (N-methyl/N-ethyl adjacent to an activating group) is 1. The zero-order chi connectivity index (χ0) is 23.2. The molecule has 0 spiro atoms. The number of nitrogens with zero attached hydrogens (tertiary/aromatic N) is 3. The maximum absolute atomic E-state index is 12.4. The molecule has 0 aromatic carbocycles. The van der Waals surface area contributed by atoms with E-state index >= 15 is 0 Å². The minimum absolute atomic E-state index is 0.234. The summed E-state index contributed by atoms with van der Waals surface area (Å²) in [5.74, 6) is -0.0949. The van der Waals surface area contributed by atoms with Crippen molar-refractivity contribution >= 4 is 28.0 Å². The molecule has 0 aliphatic carbocycles. The Hall–Kier alpha value is -1.41. The van der Waals surface area contributed by atoms with Crippen LogP contribution in [0.15, 0.2) is 28.9 Å². The zero-order valence-corrected chi connectivity index (χ0v) is 23.0. The topological polar surface area (TPSA) is 79.5 Å². The van der Waals surface area contributed by atoms with Crippen molar-refractivity contribution in [2.45, 2.75) is 84.6 Å². The second-order valence-electron chi connectivity index (χ2n) is 9.43. The summed E-state index contributed by atoms with van der Waals surface area (Å²) >= 11 is -2.66. The van der Waals surface area contributed by atoms with Gasteiger partial charge in [-0.25, -0.2) is 0 Å². The molecule has 1 fully saturated rings. The van der Waals surface area contributed by atoms with Crippen LogP contribution in [-0.4, -0.2) is 58.0 Å². The third kappa shape index (κ3) is 5.22. The first kappa shape index (κ1) is 25.2. The number of hydrogen-bond acceptors (Lipinski definition) is 5. The molecule has 0 saturated carbocycles. The van der Waals surface area contributed by atoms with Crippen molar-refractivity contribution in [2.75, 3.05) is 13.6 Å². The third-order valence-electron chi connectivity index (χ3n) is 7.05. The standard InChI is InChI=1S/C13H12N3O3.3C4H9.Sn/c1-16-7-4-13(18,12(16)17)11-8-10(15-19-11)9-2-5-14-6-3-9;3*1-3-4-2;/h2-3,5,8,18H,4,7H2,1H3;3*1,3-4H2,2H3;/t13-;;;;/m1..../s1. The second-order valence-corrected chi connectivity index (χ2v) is 22.5. The van der Waals surface area contributed by atoms with Crippen LogP contribution in [0.5, 0.6) is 0 Å². The SMILES string of the molecule is CCC[CH2][Sn]([CH2]CCC)([CH2]CCC)[c]1cc(-c2cc([C@]3(O)CCN(C)C3=O)on2)ccn1. The summed E-state index contributed by atoms with van der Waals surface area (Å²) in [7, 11) is 1.70. The van der Waals surface area contributed by atoms with Crippen LogP contribution >= 0.6 is 0 Å². The Labute approximate surface area is 196 Å². The van der Waals surface area contributed by atoms with Crippen LogP contribution in [0, 0.1) is 0 Å². The van der Waals surface area contributed by atoms with Crippen molar-refractivity contribution in [3.05, 3.63) is 30.2 Å². The van der Waals surface area contributed by atoms with Crippen LogP contribution in [0.1, 0.15) is 71.5 Å². The van der Waals surface area contributed by atoms with Crippen LogP contribution in [0.4, 0.5) is 0 Å². The molecule has 1 saturated heterocycles. The van der Waals surface area contributed by atoms with E-state index in [-0.39, 0.29) is 11.7 Å². The average molecular weight is 548 g/mol. The summed E-state index contributed by atoms with van der Waals surface area (Å²) < 4.78 is 10.9. The van der Waals surface area contributed by atoms with Crippen molar-refractivity contribution in [3.8, 4) is 11.3 Å². The monoisotopic (exact) mass is 549 g/mol. The molecule has 3 rings (SSSR count). The van der Waals surface area contributed by atoms with Gasteiger partial charge in [-0.1, -0.05) is 0 Å². The first-order valence-corrected chi connectivity index (χ1v) is 19.8. The van der Waals surface area contributed by atoms with Crippen LogP contribution in [-0.2, 0) is 10.4 Å². The number of unbranched alkanes of at least 4 members (excludes halogenated alkanes) is 3. The number of pyridine rings is 1. The summed E-state index contributed by atoms with van der Waals surface area (Å²) in [4.78, 5) is 18.9. The van der Waals surface area contributed by atoms with Crippen LogP contribution in [0.2, 0.25) is 13.3 Å². The number of rotatable bonds is 12. The van der Waals surface area contributed by atoms with E-state index in [0.29, 0.717) is 18.7 Å². The van der Waals surface area contributed by atoms with Gasteiger partial charge < -0.3 is 0 Å². The normalized spacial score (nSPS) is 19.2. The molecule has 0 bridgehead atoms. The van der Waals surface area contributed by atoms with Gasteiger partial charge >= 0.3 is 197 Å². The Morgan fingerprint density at radius 2 is 1.72 bits per heavy atom. The number of hydrogen-bond donors (Lipinski definition) is 1. The van der Waals surface area contributed by atoms with Crippen molar-refractivity contribution in [1.29, 1.82) is 0 Å². The van der Waals surface area contributed by atoms with E-state index in [1.54, 1.807) is 13.1 Å². The van der Waals surface area contributed by atoms with E-state index in [9.17, 15) is 9.90 Å². The summed E-state index contributed by atoms with van der Waals surface area (Å²) in [6.07, 6.45) is 9.77. The Balaban J connectivity index is 1.95. The van der Waals surface area contributed by atoms with Gasteiger partial charge in [0.2, 0.25) is 0 Å². The molecule has 2 aromatic heterocycles. The van der Waals surface area contributed by atoms with E-state index in [0.717, 1.165) is 5.56 Å². The van der Waals surface area contributed by atoms with Gasteiger partial charge in [-0.05, 0) is 0 Å². The molecule has 1 N–H and O–H groups in total. The Bertz CT molecular complexity index is 878. The molecule has 3 heterocycles. The number of aromatic nitrogens is 2. The summed E-state index contributed by atoms with van der Waals surface area (Å²) in [5.41, 5.74) is 0.0291. The molecule has 0 unspecified atom stereocenters. The zero-order valence-electron chi connectivity index (χ0n) is 20.2. The Kier molecular flexibility index (Phi) is 8.78. The van der Waals surface area contributed by atoms with Gasteiger partial charge in [0.1, 0.15) is 0 Å². The predicted molar refractivity (Wildman–Crippen MR) is 130 cm³/mol. The minimum atomic E-state index is -2.66. The number of carbonyl (C=O) groups is 1. The molecule has 0 radical (unpaired) electrons. The number of amides is 1. The molecule has 1 aliphatic rings. The first-order valence-electron chi connectivity index (χ1n) is 12.3. The second kappa shape index (κ2) is 11.1. The van der Waals surface area contributed by atoms with E-state index in [2.05, 4.69) is 32.0 Å². The number of aliphatic hydroxyl groups is 1. The summed E-state index contributed by atoms with van der Waals surface area (Å²) in [5, 5.41) is 15.1. The van der Waals surface area contributed by atoms with Crippen molar-refractivity contribution in [1.82, 2.24) is 15.0 Å². The van der Waals surface area contributed by atoms with Gasteiger partial charge in [0.05, 0.1) is 0 Å². The summed E-state index contributed by atoms with van der Waals surface area (Å²) in [6.45, 7) is 7.35. The molecule has 1 aliphatic heterocycles. The van der Waals surface area contributed by atoms with Crippen LogP contribution < -0.4 is 3.71 Å². The van der Waals surface area contributed by atoms with E-state index in [4.69, 9.17) is 9.51 Å². The van der Waals surface area contributed by atoms with Gasteiger partial charge in [-0.2, -0.15) is 0 Å². The van der Waals surface area contributed by atoms with E-state index in [1.807, 2.05) is 12.3 Å². The van der Waals surface area contributed by atoms with Gasteiger partial charge in [0.25, 0.3) is 0 Å². The van der Waals surface area contributed by atoms with E-state index < -0.39 is 24.0 Å². The van der Waals surface area contributed by atoms with Gasteiger partial charge in [-0.3, -0.25) is 0 Å². The van der Waals surface area contributed by atoms with Crippen molar-refractivity contribution in [3.63, 3.8) is 0 Å². The molecular weight excluding hydrogens is 509 g/mol. The summed E-state index contributed by atoms with van der Waals surface area (Å²) in [6, 6.07) is 5.94. The molecule has 1 atom stereocenters. The van der Waals surface area contributed by atoms with Crippen molar-refractivity contribution < 1.29 is 14.4 Å². The molecule has 7 heteroatoms. The van der Waals surface area contributed by atoms with Gasteiger partial charge in [0, 0.05) is 0 Å². The van der Waals surface area contributed by atoms with Crippen LogP contribution in [0.25, 0.3) is 11.3 Å². The molecule has 32 heavy (non-hydrogen) atoms. The molecule has 2 aromatic rings. The van der Waals surface area contributed by atoms with E-state index in [1.165, 1.54) is 60.4 Å². The molecular formula is C25H39N3O3Sn. The fraction of sp³-hybridized carbons (Fsp3) is 0.640. The molecule has 176 valence electrons. The van der Waals surface area contributed by atoms with Gasteiger partial charge in [0.15, 0.2) is 0 Å². The first-order chi connectivity index (χ1) is 15.4. The molecule has 6 nitrogen and oxygen atoms in total. The van der Waals surface area contributed by atoms with Gasteiger partial charge in [-0.15, -0.1) is 0 Å². The fourth-order valence-corrected chi connectivity index (χ4v) is 20.3. The Morgan fingerprint density at radius 3 is 2.25 bits per heavy atom. The quantitative estimate of drug-likeness (QED) is 0.384. The number of carbonyl (C=O) groups excluding carboxylic acids is 1.